The van der Waals surface area contributed by atoms with Crippen molar-refractivity contribution in [2.75, 3.05) is 44.1 Å². The summed E-state index contributed by atoms with van der Waals surface area (Å²) in [5, 5.41) is 0. The van der Waals surface area contributed by atoms with Crippen LogP contribution < -0.4 is 19.3 Å². The van der Waals surface area contributed by atoms with E-state index < -0.39 is 15.8 Å². The number of fused-ring (bicyclic) bond motifs is 1. The van der Waals surface area contributed by atoms with Crippen molar-refractivity contribution in [1.82, 2.24) is 4.72 Å². The lowest BCUT2D eigenvalue weighted by atomic mass is 10.0. The van der Waals surface area contributed by atoms with Gasteiger partial charge in [-0.05, 0) is 53.9 Å². The number of sulfonamides is 1. The molecule has 4 rings (SSSR count). The number of para-hydroxylation sites is 1. The van der Waals surface area contributed by atoms with Gasteiger partial charge in [0.25, 0.3) is 0 Å². The SMILES string of the molecule is COc1ccc(S(=O)(=O)NC[C@H](c2ccc(N(C)C)cc2)N2CCc3ccccc32)cc1F. The van der Waals surface area contributed by atoms with Crippen LogP contribution in [0.3, 0.4) is 0 Å². The molecule has 0 unspecified atom stereocenters. The second kappa shape index (κ2) is 9.41. The molecule has 0 fully saturated rings. The minimum absolute atomic E-state index is 0.00137. The van der Waals surface area contributed by atoms with Crippen molar-refractivity contribution in [2.45, 2.75) is 17.4 Å². The molecule has 1 heterocycles. The zero-order valence-electron chi connectivity index (χ0n) is 19.0. The van der Waals surface area contributed by atoms with E-state index in [0.29, 0.717) is 0 Å². The van der Waals surface area contributed by atoms with Gasteiger partial charge in [0, 0.05) is 38.6 Å². The average molecular weight is 470 g/mol. The molecule has 0 amide bonds. The summed E-state index contributed by atoms with van der Waals surface area (Å²) in [7, 11) is 1.37. The van der Waals surface area contributed by atoms with E-state index in [9.17, 15) is 12.8 Å². The smallest absolute Gasteiger partial charge is 0.240 e. The first-order chi connectivity index (χ1) is 15.8. The quantitative estimate of drug-likeness (QED) is 0.541. The Bertz CT molecular complexity index is 1230. The predicted octanol–water partition coefficient (Wildman–Crippen LogP) is 3.98. The van der Waals surface area contributed by atoms with Crippen molar-refractivity contribution in [3.05, 3.63) is 83.7 Å². The molecule has 0 aliphatic carbocycles. The third-order valence-electron chi connectivity index (χ3n) is 5.99. The van der Waals surface area contributed by atoms with E-state index in [1.54, 1.807) is 0 Å². The predicted molar refractivity (Wildman–Crippen MR) is 129 cm³/mol. The first-order valence-electron chi connectivity index (χ1n) is 10.7. The van der Waals surface area contributed by atoms with Crippen LogP contribution in [0.2, 0.25) is 0 Å². The number of nitrogens with one attached hydrogen (secondary N) is 1. The van der Waals surface area contributed by atoms with Gasteiger partial charge in [0.15, 0.2) is 11.6 Å². The maximum Gasteiger partial charge on any atom is 0.240 e. The van der Waals surface area contributed by atoms with E-state index in [2.05, 4.69) is 21.8 Å². The minimum atomic E-state index is -3.92. The van der Waals surface area contributed by atoms with E-state index >= 15 is 0 Å². The summed E-state index contributed by atoms with van der Waals surface area (Å²) in [6, 6.07) is 19.7. The molecule has 1 atom stereocenters. The van der Waals surface area contributed by atoms with Gasteiger partial charge in [0.05, 0.1) is 18.0 Å². The molecule has 0 radical (unpaired) electrons. The van der Waals surface area contributed by atoms with Gasteiger partial charge in [-0.3, -0.25) is 0 Å². The van der Waals surface area contributed by atoms with Gasteiger partial charge >= 0.3 is 0 Å². The highest BCUT2D eigenvalue weighted by atomic mass is 32.2. The summed E-state index contributed by atoms with van der Waals surface area (Å²) in [5.41, 5.74) is 4.41. The normalized spacial score (nSPS) is 14.1. The second-order valence-electron chi connectivity index (χ2n) is 8.22. The Morgan fingerprint density at radius 3 is 2.48 bits per heavy atom. The number of rotatable bonds is 8. The number of hydrogen-bond donors (Lipinski definition) is 1. The maximum absolute atomic E-state index is 14.1. The summed E-state index contributed by atoms with van der Waals surface area (Å²) in [6.07, 6.45) is 0.902. The highest BCUT2D eigenvalue weighted by Gasteiger charge is 2.29. The third kappa shape index (κ3) is 4.82. The van der Waals surface area contributed by atoms with E-state index in [0.717, 1.165) is 36.0 Å². The highest BCUT2D eigenvalue weighted by molar-refractivity contribution is 7.89. The van der Waals surface area contributed by atoms with Crippen LogP contribution in [0.25, 0.3) is 0 Å². The van der Waals surface area contributed by atoms with Gasteiger partial charge < -0.3 is 14.5 Å². The van der Waals surface area contributed by atoms with Crippen molar-refractivity contribution in [1.29, 1.82) is 0 Å². The molecule has 6 nitrogen and oxygen atoms in total. The van der Waals surface area contributed by atoms with Crippen LogP contribution in [0.15, 0.2) is 71.6 Å². The van der Waals surface area contributed by atoms with Crippen LogP contribution in [0.1, 0.15) is 17.2 Å². The van der Waals surface area contributed by atoms with Crippen LogP contribution in [-0.2, 0) is 16.4 Å². The molecule has 1 aliphatic rings. The Hall–Kier alpha value is -3.10. The molecule has 1 aliphatic heterocycles. The fraction of sp³-hybridized carbons (Fsp3) is 0.280. The summed E-state index contributed by atoms with van der Waals surface area (Å²) >= 11 is 0. The van der Waals surface area contributed by atoms with E-state index in [-0.39, 0.29) is 23.2 Å². The number of anilines is 2. The Labute approximate surface area is 194 Å². The molecule has 0 spiro atoms. The summed E-state index contributed by atoms with van der Waals surface area (Å²) < 4.78 is 47.7. The first kappa shape index (κ1) is 23.1. The second-order valence-corrected chi connectivity index (χ2v) is 9.99. The summed E-state index contributed by atoms with van der Waals surface area (Å²) in [5.74, 6) is -0.717. The number of ether oxygens (including phenoxy) is 1. The molecule has 0 saturated heterocycles. The highest BCUT2D eigenvalue weighted by Crippen LogP contribution is 2.35. The van der Waals surface area contributed by atoms with Crippen LogP contribution >= 0.6 is 0 Å². The van der Waals surface area contributed by atoms with Gasteiger partial charge in [-0.25, -0.2) is 17.5 Å². The van der Waals surface area contributed by atoms with Crippen molar-refractivity contribution in [2.24, 2.45) is 0 Å². The monoisotopic (exact) mass is 469 g/mol. The van der Waals surface area contributed by atoms with E-state index in [1.807, 2.05) is 55.4 Å². The molecule has 1 N–H and O–H groups in total. The molecule has 33 heavy (non-hydrogen) atoms. The Balaban J connectivity index is 1.63. The largest absolute Gasteiger partial charge is 0.494 e. The standard InChI is InChI=1S/C25H28FN3O3S/c1-28(2)20-10-8-19(9-11-20)24(29-15-14-18-6-4-5-7-23(18)29)17-27-33(30,31)21-12-13-25(32-3)22(26)16-21/h4-13,16,24,27H,14-15,17H2,1-3H3/t24-/m1/s1. The molecule has 0 saturated carbocycles. The van der Waals surface area contributed by atoms with Crippen LogP contribution in [0, 0.1) is 5.82 Å². The molecule has 0 bridgehead atoms. The number of nitrogens with zero attached hydrogens (tertiary/aromatic N) is 2. The molecular weight excluding hydrogens is 441 g/mol. The number of methoxy groups -OCH3 is 1. The van der Waals surface area contributed by atoms with E-state index in [1.165, 1.54) is 24.8 Å². The third-order valence-corrected chi connectivity index (χ3v) is 7.42. The Kier molecular flexibility index (Phi) is 6.58. The molecule has 3 aromatic rings. The van der Waals surface area contributed by atoms with Gasteiger partial charge in [0.2, 0.25) is 10.0 Å². The van der Waals surface area contributed by atoms with Crippen LogP contribution in [-0.4, -0.2) is 42.7 Å². The molecule has 0 aromatic heterocycles. The zero-order valence-corrected chi connectivity index (χ0v) is 19.8. The summed E-state index contributed by atoms with van der Waals surface area (Å²) in [4.78, 5) is 4.12. The van der Waals surface area contributed by atoms with Crippen molar-refractivity contribution >= 4 is 21.4 Å². The van der Waals surface area contributed by atoms with Crippen molar-refractivity contribution < 1.29 is 17.5 Å². The summed E-state index contributed by atoms with van der Waals surface area (Å²) in [6.45, 7) is 0.934. The maximum atomic E-state index is 14.1. The lowest BCUT2D eigenvalue weighted by molar-refractivity contribution is 0.385. The fourth-order valence-electron chi connectivity index (χ4n) is 4.18. The lowest BCUT2D eigenvalue weighted by Gasteiger charge is -2.31. The number of hydrogen-bond acceptors (Lipinski definition) is 5. The molecular formula is C25H28FN3O3S. The minimum Gasteiger partial charge on any atom is -0.494 e. The zero-order chi connectivity index (χ0) is 23.6. The number of benzene rings is 3. The Morgan fingerprint density at radius 2 is 1.82 bits per heavy atom. The van der Waals surface area contributed by atoms with Gasteiger partial charge in [-0.15, -0.1) is 0 Å². The van der Waals surface area contributed by atoms with Crippen molar-refractivity contribution in [3.63, 3.8) is 0 Å². The van der Waals surface area contributed by atoms with Gasteiger partial charge in [0.1, 0.15) is 0 Å². The number of halogens is 1. The fourth-order valence-corrected chi connectivity index (χ4v) is 5.23. The van der Waals surface area contributed by atoms with Crippen LogP contribution in [0.5, 0.6) is 5.75 Å². The van der Waals surface area contributed by atoms with Gasteiger partial charge in [-0.1, -0.05) is 30.3 Å². The molecule has 3 aromatic carbocycles. The van der Waals surface area contributed by atoms with Gasteiger partial charge in [-0.2, -0.15) is 0 Å². The Morgan fingerprint density at radius 1 is 1.09 bits per heavy atom. The molecule has 8 heteroatoms. The van der Waals surface area contributed by atoms with E-state index in [4.69, 9.17) is 4.74 Å². The van der Waals surface area contributed by atoms with Crippen molar-refractivity contribution in [3.8, 4) is 5.75 Å². The van der Waals surface area contributed by atoms with Crippen LogP contribution in [0.4, 0.5) is 15.8 Å². The lowest BCUT2D eigenvalue weighted by Crippen LogP contribution is -2.37. The molecule has 174 valence electrons. The topological polar surface area (TPSA) is 61.9 Å². The average Bonchev–Trinajstić information content (AvgIpc) is 3.23. The first-order valence-corrected chi connectivity index (χ1v) is 12.2.